The first kappa shape index (κ1) is 22.7. The van der Waals surface area contributed by atoms with E-state index in [1.165, 1.54) is 5.56 Å². The third-order valence-corrected chi connectivity index (χ3v) is 8.53. The molecule has 4 heterocycles. The average Bonchev–Trinajstić information content (AvgIpc) is 3.45. The lowest BCUT2D eigenvalue weighted by Gasteiger charge is -2.25. The maximum atomic E-state index is 6.43. The van der Waals surface area contributed by atoms with E-state index in [1.54, 1.807) is 6.20 Å². The predicted molar refractivity (Wildman–Crippen MR) is 138 cm³/mol. The van der Waals surface area contributed by atoms with Crippen molar-refractivity contribution in [3.63, 3.8) is 0 Å². The Morgan fingerprint density at radius 3 is 2.76 bits per heavy atom. The van der Waals surface area contributed by atoms with Gasteiger partial charge in [0, 0.05) is 23.2 Å². The number of halogens is 3. The molecule has 176 valence electrons. The van der Waals surface area contributed by atoms with E-state index in [0.717, 1.165) is 45.5 Å². The van der Waals surface area contributed by atoms with Gasteiger partial charge < -0.3 is 14.0 Å². The van der Waals surface area contributed by atoms with Gasteiger partial charge in [0.1, 0.15) is 16.4 Å². The molecular formula is C26H24BrCl2N3O2. The molecule has 34 heavy (non-hydrogen) atoms. The molecule has 4 atom stereocenters. The van der Waals surface area contributed by atoms with Gasteiger partial charge in [-0.2, -0.15) is 0 Å². The molecule has 2 aliphatic rings. The molecule has 6 rings (SSSR count). The summed E-state index contributed by atoms with van der Waals surface area (Å²) >= 11 is 16.0. The minimum absolute atomic E-state index is 0.00281. The Labute approximate surface area is 216 Å². The summed E-state index contributed by atoms with van der Waals surface area (Å²) in [5.41, 5.74) is 3.25. The normalized spacial score (nSPS) is 25.9. The van der Waals surface area contributed by atoms with Crippen LogP contribution >= 0.6 is 39.1 Å². The van der Waals surface area contributed by atoms with E-state index in [1.807, 2.05) is 32.0 Å². The van der Waals surface area contributed by atoms with E-state index in [9.17, 15) is 0 Å². The van der Waals surface area contributed by atoms with Crippen molar-refractivity contribution in [1.82, 2.24) is 14.5 Å². The summed E-state index contributed by atoms with van der Waals surface area (Å²) < 4.78 is 16.0. The van der Waals surface area contributed by atoms with Crippen LogP contribution in [-0.4, -0.2) is 32.5 Å². The number of hydrogen-bond acceptors (Lipinski definition) is 4. The predicted octanol–water partition coefficient (Wildman–Crippen LogP) is 7.37. The van der Waals surface area contributed by atoms with Crippen molar-refractivity contribution in [1.29, 1.82) is 0 Å². The summed E-state index contributed by atoms with van der Waals surface area (Å²) in [6.45, 7) is 4.01. The van der Waals surface area contributed by atoms with Gasteiger partial charge in [-0.15, -0.1) is 0 Å². The van der Waals surface area contributed by atoms with Crippen LogP contribution in [0.1, 0.15) is 38.3 Å². The van der Waals surface area contributed by atoms with Gasteiger partial charge in [0.15, 0.2) is 5.79 Å². The van der Waals surface area contributed by atoms with Gasteiger partial charge in [-0.3, -0.25) is 0 Å². The summed E-state index contributed by atoms with van der Waals surface area (Å²) in [4.78, 5) is 8.75. The molecule has 0 radical (unpaired) electrons. The fourth-order valence-electron chi connectivity index (χ4n) is 5.62. The van der Waals surface area contributed by atoms with Crippen LogP contribution in [0.2, 0.25) is 10.3 Å². The number of aromatic nitrogens is 3. The minimum Gasteiger partial charge on any atom is -0.344 e. The van der Waals surface area contributed by atoms with Gasteiger partial charge in [-0.05, 0) is 84.8 Å². The molecule has 1 saturated carbocycles. The summed E-state index contributed by atoms with van der Waals surface area (Å²) in [5, 5.41) is 3.06. The molecule has 5 nitrogen and oxygen atoms in total. The van der Waals surface area contributed by atoms with Crippen LogP contribution in [0.25, 0.3) is 21.8 Å². The lowest BCUT2D eigenvalue weighted by molar-refractivity contribution is -0.160. The zero-order valence-corrected chi connectivity index (χ0v) is 21.9. The number of fused-ring (bicyclic) bond motifs is 3. The van der Waals surface area contributed by atoms with Crippen LogP contribution in [0.5, 0.6) is 0 Å². The molecule has 0 bridgehead atoms. The minimum atomic E-state index is -0.592. The molecule has 8 heteroatoms. The van der Waals surface area contributed by atoms with Crippen molar-refractivity contribution in [3.05, 3.63) is 69.1 Å². The standard InChI is InChI=1S/C26H24BrCl2N3O2/c1-26(2)33-22-16(6-4-14-3-5-15-12-18(27)25(29)31-19(15)11-14)13-21(23(22)34-26)32-10-8-17-20(32)7-9-30-24(17)28/h3,5,7-12,16,21-23H,4,6,13H2,1-2H3/t16-,21+,22+,23-/m0/s1. The Kier molecular flexibility index (Phi) is 5.66. The molecule has 0 spiro atoms. The van der Waals surface area contributed by atoms with Gasteiger partial charge in [-0.25, -0.2) is 9.97 Å². The first-order valence-corrected chi connectivity index (χ1v) is 13.1. The summed E-state index contributed by atoms with van der Waals surface area (Å²) in [6, 6.07) is 12.7. The van der Waals surface area contributed by atoms with Gasteiger partial charge >= 0.3 is 0 Å². The van der Waals surface area contributed by atoms with Crippen LogP contribution in [0, 0.1) is 5.92 Å². The smallest absolute Gasteiger partial charge is 0.163 e. The first-order valence-electron chi connectivity index (χ1n) is 11.5. The van der Waals surface area contributed by atoms with Crippen LogP contribution in [0.3, 0.4) is 0 Å². The molecule has 0 amide bonds. The Morgan fingerprint density at radius 2 is 1.91 bits per heavy atom. The largest absolute Gasteiger partial charge is 0.344 e. The van der Waals surface area contributed by atoms with Crippen molar-refractivity contribution in [2.45, 2.75) is 57.1 Å². The van der Waals surface area contributed by atoms with E-state index >= 15 is 0 Å². The van der Waals surface area contributed by atoms with Gasteiger partial charge in [0.05, 0.1) is 27.7 Å². The molecule has 1 aliphatic heterocycles. The summed E-state index contributed by atoms with van der Waals surface area (Å²) in [5.74, 6) is -0.213. The molecule has 1 aromatic carbocycles. The number of aryl methyl sites for hydroxylation is 1. The molecule has 1 saturated heterocycles. The summed E-state index contributed by atoms with van der Waals surface area (Å²) in [6.07, 6.45) is 6.86. The van der Waals surface area contributed by atoms with E-state index in [-0.39, 0.29) is 18.2 Å². The fraction of sp³-hybridized carbons (Fsp3) is 0.385. The quantitative estimate of drug-likeness (QED) is 0.244. The molecule has 2 fully saturated rings. The molecule has 0 N–H and O–H groups in total. The maximum Gasteiger partial charge on any atom is 0.163 e. The van der Waals surface area contributed by atoms with Crippen LogP contribution < -0.4 is 0 Å². The van der Waals surface area contributed by atoms with Gasteiger partial charge in [0.2, 0.25) is 0 Å². The van der Waals surface area contributed by atoms with E-state index < -0.39 is 5.79 Å². The molecule has 1 aliphatic carbocycles. The van der Waals surface area contributed by atoms with Crippen molar-refractivity contribution < 1.29 is 9.47 Å². The second-order valence-corrected chi connectivity index (χ2v) is 11.3. The Hall–Kier alpha value is -1.70. The van der Waals surface area contributed by atoms with E-state index in [2.05, 4.69) is 54.9 Å². The monoisotopic (exact) mass is 559 g/mol. The number of benzene rings is 1. The van der Waals surface area contributed by atoms with Crippen molar-refractivity contribution in [2.24, 2.45) is 5.92 Å². The highest BCUT2D eigenvalue weighted by Crippen LogP contribution is 2.49. The Bertz CT molecular complexity index is 1410. The third-order valence-electron chi connectivity index (χ3n) is 7.10. The third kappa shape index (κ3) is 3.94. The zero-order chi connectivity index (χ0) is 23.6. The average molecular weight is 561 g/mol. The topological polar surface area (TPSA) is 49.2 Å². The van der Waals surface area contributed by atoms with E-state index in [4.69, 9.17) is 32.7 Å². The van der Waals surface area contributed by atoms with E-state index in [0.29, 0.717) is 16.2 Å². The molecule has 4 aromatic rings. The number of ether oxygens (including phenoxy) is 2. The molecule has 3 aromatic heterocycles. The van der Waals surface area contributed by atoms with Gasteiger partial charge in [0.25, 0.3) is 0 Å². The second kappa shape index (κ2) is 8.45. The van der Waals surface area contributed by atoms with Crippen molar-refractivity contribution >= 4 is 60.9 Å². The van der Waals surface area contributed by atoms with Crippen LogP contribution in [0.15, 0.2) is 53.3 Å². The lowest BCUT2D eigenvalue weighted by Crippen LogP contribution is -2.27. The van der Waals surface area contributed by atoms with Gasteiger partial charge in [-0.1, -0.05) is 35.3 Å². The van der Waals surface area contributed by atoms with Crippen molar-refractivity contribution in [2.75, 3.05) is 0 Å². The number of rotatable bonds is 4. The van der Waals surface area contributed by atoms with Crippen LogP contribution in [0.4, 0.5) is 0 Å². The molecule has 0 unspecified atom stereocenters. The lowest BCUT2D eigenvalue weighted by atomic mass is 9.95. The number of hydrogen-bond donors (Lipinski definition) is 0. The highest BCUT2D eigenvalue weighted by Gasteiger charge is 2.54. The highest BCUT2D eigenvalue weighted by atomic mass is 79.9. The second-order valence-electron chi connectivity index (χ2n) is 9.71. The maximum absolute atomic E-state index is 6.43. The first-order chi connectivity index (χ1) is 16.3. The Balaban J connectivity index is 1.27. The van der Waals surface area contributed by atoms with Crippen molar-refractivity contribution in [3.8, 4) is 0 Å². The highest BCUT2D eigenvalue weighted by molar-refractivity contribution is 9.10. The molecular weight excluding hydrogens is 537 g/mol. The number of pyridine rings is 2. The number of nitrogens with zero attached hydrogens (tertiary/aromatic N) is 3. The van der Waals surface area contributed by atoms with Crippen LogP contribution in [-0.2, 0) is 15.9 Å². The summed E-state index contributed by atoms with van der Waals surface area (Å²) in [7, 11) is 0. The fourth-order valence-corrected chi connectivity index (χ4v) is 6.32. The Morgan fingerprint density at radius 1 is 1.09 bits per heavy atom. The SMILES string of the molecule is CC1(C)O[C@@H]2[C@@H](CCc3ccc4cc(Br)c(Cl)nc4c3)C[C@@H](n3ccc4c(Cl)nccc43)[C@@H]2O1. The zero-order valence-electron chi connectivity index (χ0n) is 18.8.